The zero-order chi connectivity index (χ0) is 13.7. The molecule has 0 radical (unpaired) electrons. The Hall–Kier alpha value is -2.61. The molecular formula is C14H14N4O. The van der Waals surface area contributed by atoms with Gasteiger partial charge in [0.05, 0.1) is 18.3 Å². The van der Waals surface area contributed by atoms with E-state index in [0.717, 1.165) is 5.56 Å². The number of benzene rings is 1. The van der Waals surface area contributed by atoms with Crippen molar-refractivity contribution < 1.29 is 4.79 Å². The average Bonchev–Trinajstić information content (AvgIpc) is 2.94. The van der Waals surface area contributed by atoms with Crippen LogP contribution >= 0.6 is 0 Å². The van der Waals surface area contributed by atoms with E-state index in [1.807, 2.05) is 31.2 Å². The maximum atomic E-state index is 12.1. The lowest BCUT2D eigenvalue weighted by atomic mass is 9.99. The van der Waals surface area contributed by atoms with Crippen molar-refractivity contribution in [3.63, 3.8) is 0 Å². The number of H-pyrrole nitrogens is 1. The Balaban J connectivity index is 2.09. The molecule has 2 rings (SSSR count). The lowest BCUT2D eigenvalue weighted by Crippen LogP contribution is -2.31. The van der Waals surface area contributed by atoms with Gasteiger partial charge in [-0.25, -0.2) is 0 Å². The molecule has 5 nitrogen and oxygen atoms in total. The van der Waals surface area contributed by atoms with Crippen molar-refractivity contribution in [1.29, 1.82) is 5.26 Å². The molecule has 0 spiro atoms. The minimum absolute atomic E-state index is 0.189. The number of nitriles is 1. The molecule has 0 saturated carbocycles. The van der Waals surface area contributed by atoms with E-state index in [9.17, 15) is 4.79 Å². The van der Waals surface area contributed by atoms with Crippen LogP contribution in [0.3, 0.4) is 0 Å². The second kappa shape index (κ2) is 5.83. The van der Waals surface area contributed by atoms with Gasteiger partial charge in [-0.15, -0.1) is 0 Å². The van der Waals surface area contributed by atoms with Crippen LogP contribution in [0, 0.1) is 11.3 Å². The molecule has 96 valence electrons. The highest BCUT2D eigenvalue weighted by Gasteiger charge is 2.21. The Bertz CT molecular complexity index is 571. The van der Waals surface area contributed by atoms with Gasteiger partial charge in [0.25, 0.3) is 0 Å². The maximum Gasteiger partial charge on any atom is 0.242 e. The van der Waals surface area contributed by atoms with Gasteiger partial charge in [-0.3, -0.25) is 9.89 Å². The first-order chi connectivity index (χ1) is 9.22. The number of aromatic nitrogens is 2. The van der Waals surface area contributed by atoms with Gasteiger partial charge in [-0.1, -0.05) is 30.3 Å². The van der Waals surface area contributed by atoms with Crippen LogP contribution in [0.1, 0.15) is 30.0 Å². The van der Waals surface area contributed by atoms with Crippen molar-refractivity contribution in [3.8, 4) is 6.07 Å². The normalized spacial score (nSPS) is 13.3. The summed E-state index contributed by atoms with van der Waals surface area (Å²) >= 11 is 0. The van der Waals surface area contributed by atoms with Gasteiger partial charge in [-0.05, 0) is 12.5 Å². The molecule has 0 aliphatic heterocycles. The fraction of sp³-hybridized carbons (Fsp3) is 0.214. The summed E-state index contributed by atoms with van der Waals surface area (Å²) in [5.41, 5.74) is 1.57. The van der Waals surface area contributed by atoms with Crippen LogP contribution in [0.2, 0.25) is 0 Å². The molecule has 5 heteroatoms. The van der Waals surface area contributed by atoms with E-state index in [0.29, 0.717) is 5.56 Å². The average molecular weight is 254 g/mol. The third-order valence-electron chi connectivity index (χ3n) is 2.90. The lowest BCUT2D eigenvalue weighted by molar-refractivity contribution is -0.122. The van der Waals surface area contributed by atoms with Crippen molar-refractivity contribution in [2.45, 2.75) is 18.9 Å². The Morgan fingerprint density at radius 3 is 2.68 bits per heavy atom. The van der Waals surface area contributed by atoms with Crippen LogP contribution in [-0.2, 0) is 4.79 Å². The van der Waals surface area contributed by atoms with Crippen LogP contribution in [0.4, 0.5) is 0 Å². The van der Waals surface area contributed by atoms with Crippen LogP contribution in [-0.4, -0.2) is 16.1 Å². The fourth-order valence-electron chi connectivity index (χ4n) is 1.81. The van der Waals surface area contributed by atoms with E-state index in [4.69, 9.17) is 5.26 Å². The summed E-state index contributed by atoms with van der Waals surface area (Å²) in [7, 11) is 0. The van der Waals surface area contributed by atoms with Crippen LogP contribution in [0.15, 0.2) is 42.7 Å². The maximum absolute atomic E-state index is 12.1. The molecule has 0 fully saturated rings. The van der Waals surface area contributed by atoms with Crippen molar-refractivity contribution >= 4 is 5.91 Å². The molecule has 1 amide bonds. The van der Waals surface area contributed by atoms with Crippen molar-refractivity contribution in [2.75, 3.05) is 0 Å². The molecule has 19 heavy (non-hydrogen) atoms. The van der Waals surface area contributed by atoms with Gasteiger partial charge in [0, 0.05) is 11.8 Å². The largest absolute Gasteiger partial charge is 0.348 e. The molecule has 0 aliphatic carbocycles. The summed E-state index contributed by atoms with van der Waals surface area (Å²) < 4.78 is 0. The molecule has 2 atom stereocenters. The van der Waals surface area contributed by atoms with E-state index in [-0.39, 0.29) is 11.9 Å². The minimum atomic E-state index is -0.796. The first-order valence-corrected chi connectivity index (χ1v) is 5.96. The summed E-state index contributed by atoms with van der Waals surface area (Å²) in [5, 5.41) is 18.5. The summed E-state index contributed by atoms with van der Waals surface area (Å²) in [6.45, 7) is 1.85. The molecule has 2 aromatic rings. The third kappa shape index (κ3) is 2.99. The Morgan fingerprint density at radius 2 is 2.11 bits per heavy atom. The minimum Gasteiger partial charge on any atom is -0.348 e. The number of nitrogens with zero attached hydrogens (tertiary/aromatic N) is 2. The van der Waals surface area contributed by atoms with Crippen LogP contribution in [0.5, 0.6) is 0 Å². The zero-order valence-electron chi connectivity index (χ0n) is 10.5. The number of nitrogens with one attached hydrogen (secondary N) is 2. The molecule has 1 heterocycles. The molecular weight excluding hydrogens is 240 g/mol. The first-order valence-electron chi connectivity index (χ1n) is 5.96. The van der Waals surface area contributed by atoms with E-state index >= 15 is 0 Å². The van der Waals surface area contributed by atoms with Gasteiger partial charge in [0.15, 0.2) is 0 Å². The second-order valence-electron chi connectivity index (χ2n) is 4.23. The van der Waals surface area contributed by atoms with Gasteiger partial charge in [0.1, 0.15) is 5.92 Å². The summed E-state index contributed by atoms with van der Waals surface area (Å²) in [4.78, 5) is 12.1. The second-order valence-corrected chi connectivity index (χ2v) is 4.23. The van der Waals surface area contributed by atoms with E-state index in [2.05, 4.69) is 15.5 Å². The molecule has 1 aromatic heterocycles. The number of carbonyl (C=O) groups is 1. The molecule has 0 aliphatic rings. The number of hydrogen-bond acceptors (Lipinski definition) is 3. The number of hydrogen-bond donors (Lipinski definition) is 2. The van der Waals surface area contributed by atoms with Crippen molar-refractivity contribution in [1.82, 2.24) is 15.5 Å². The lowest BCUT2D eigenvalue weighted by Gasteiger charge is -2.15. The SMILES string of the molecule is CC(NC(=O)C(C#N)c1ccccc1)c1cn[nH]c1. The Morgan fingerprint density at radius 1 is 1.37 bits per heavy atom. The predicted octanol–water partition coefficient (Wildman–Crippen LogP) is 1.89. The first kappa shape index (κ1) is 12.8. The van der Waals surface area contributed by atoms with Gasteiger partial charge in [-0.2, -0.15) is 10.4 Å². The van der Waals surface area contributed by atoms with Crippen molar-refractivity contribution in [2.24, 2.45) is 0 Å². The summed E-state index contributed by atoms with van der Waals surface area (Å²) in [6.07, 6.45) is 3.36. The molecule has 2 unspecified atom stereocenters. The number of rotatable bonds is 4. The molecule has 2 N–H and O–H groups in total. The predicted molar refractivity (Wildman–Crippen MR) is 69.9 cm³/mol. The monoisotopic (exact) mass is 254 g/mol. The number of carbonyl (C=O) groups excluding carboxylic acids is 1. The Labute approximate surface area is 111 Å². The highest BCUT2D eigenvalue weighted by Crippen LogP contribution is 2.17. The molecule has 0 saturated heterocycles. The fourth-order valence-corrected chi connectivity index (χ4v) is 1.81. The zero-order valence-corrected chi connectivity index (χ0v) is 10.5. The summed E-state index contributed by atoms with van der Waals surface area (Å²) in [6, 6.07) is 10.9. The highest BCUT2D eigenvalue weighted by molar-refractivity contribution is 5.86. The molecule has 1 aromatic carbocycles. The van der Waals surface area contributed by atoms with E-state index in [1.54, 1.807) is 24.5 Å². The molecule has 0 bridgehead atoms. The quantitative estimate of drug-likeness (QED) is 0.874. The standard InChI is InChI=1S/C14H14N4O/c1-10(12-8-16-17-9-12)18-14(19)13(7-15)11-5-3-2-4-6-11/h2-6,8-10,13H,1H3,(H,16,17)(H,18,19). The van der Waals surface area contributed by atoms with Crippen LogP contribution < -0.4 is 5.32 Å². The smallest absolute Gasteiger partial charge is 0.242 e. The van der Waals surface area contributed by atoms with Gasteiger partial charge >= 0.3 is 0 Å². The number of amides is 1. The highest BCUT2D eigenvalue weighted by atomic mass is 16.1. The van der Waals surface area contributed by atoms with Gasteiger partial charge in [0.2, 0.25) is 5.91 Å². The number of aromatic amines is 1. The van der Waals surface area contributed by atoms with Crippen LogP contribution in [0.25, 0.3) is 0 Å². The third-order valence-corrected chi connectivity index (χ3v) is 2.90. The topological polar surface area (TPSA) is 81.6 Å². The van der Waals surface area contributed by atoms with E-state index < -0.39 is 5.92 Å². The van der Waals surface area contributed by atoms with E-state index in [1.165, 1.54) is 0 Å². The van der Waals surface area contributed by atoms with Gasteiger partial charge < -0.3 is 5.32 Å². The van der Waals surface area contributed by atoms with Crippen molar-refractivity contribution in [3.05, 3.63) is 53.9 Å². The Kier molecular flexibility index (Phi) is 3.94. The summed E-state index contributed by atoms with van der Waals surface area (Å²) in [5.74, 6) is -1.10.